The van der Waals surface area contributed by atoms with Gasteiger partial charge in [0, 0.05) is 33.7 Å². The fourth-order valence-corrected chi connectivity index (χ4v) is 5.27. The molecule has 5 heteroatoms. The van der Waals surface area contributed by atoms with Crippen molar-refractivity contribution in [2.75, 3.05) is 40.3 Å². The Kier molecular flexibility index (Phi) is 5.59. The van der Waals surface area contributed by atoms with Crippen molar-refractivity contribution in [3.8, 4) is 0 Å². The van der Waals surface area contributed by atoms with E-state index < -0.39 is 0 Å². The molecule has 0 unspecified atom stereocenters. The first-order valence-electron chi connectivity index (χ1n) is 10.3. The summed E-state index contributed by atoms with van der Waals surface area (Å²) in [6.07, 6.45) is 11.1. The maximum atomic E-state index is 12.8. The molecule has 0 aromatic carbocycles. The predicted molar refractivity (Wildman–Crippen MR) is 103 cm³/mol. The van der Waals surface area contributed by atoms with E-state index >= 15 is 0 Å². The molecule has 3 rings (SSSR count). The van der Waals surface area contributed by atoms with E-state index in [1.54, 1.807) is 4.90 Å². The Labute approximate surface area is 153 Å². The average molecular weight is 349 g/mol. The van der Waals surface area contributed by atoms with Gasteiger partial charge in [0.05, 0.1) is 12.0 Å². The average Bonchev–Trinajstić information content (AvgIpc) is 3.34. The van der Waals surface area contributed by atoms with Gasteiger partial charge < -0.3 is 15.1 Å². The second-order valence-corrected chi connectivity index (χ2v) is 8.74. The molecule has 1 spiro atoms. The lowest BCUT2D eigenvalue weighted by Crippen LogP contribution is -2.44. The standard InChI is InChI=1S/C20H36N4O/c1-4-21-18(24-14-13-19(16-24)9-5-6-10-19)22-15-20(11-7-8-12-20)17(25)23(2)3/h4-16H2,1-3H3,(H,21,22). The molecule has 1 N–H and O–H groups in total. The fourth-order valence-electron chi connectivity index (χ4n) is 5.27. The van der Waals surface area contributed by atoms with Gasteiger partial charge in [-0.1, -0.05) is 25.7 Å². The molecule has 1 saturated heterocycles. The van der Waals surface area contributed by atoms with E-state index in [2.05, 4.69) is 17.1 Å². The van der Waals surface area contributed by atoms with Gasteiger partial charge in [-0.2, -0.15) is 0 Å². The van der Waals surface area contributed by atoms with Crippen LogP contribution >= 0.6 is 0 Å². The van der Waals surface area contributed by atoms with Crippen LogP contribution in [0.2, 0.25) is 0 Å². The summed E-state index contributed by atoms with van der Waals surface area (Å²) in [5, 5.41) is 3.49. The minimum Gasteiger partial charge on any atom is -0.357 e. The van der Waals surface area contributed by atoms with E-state index in [4.69, 9.17) is 4.99 Å². The fraction of sp³-hybridized carbons (Fsp3) is 0.900. The lowest BCUT2D eigenvalue weighted by Gasteiger charge is -2.30. The van der Waals surface area contributed by atoms with Crippen molar-refractivity contribution < 1.29 is 4.79 Å². The van der Waals surface area contributed by atoms with Gasteiger partial charge >= 0.3 is 0 Å². The molecule has 1 heterocycles. The highest BCUT2D eigenvalue weighted by Gasteiger charge is 2.43. The van der Waals surface area contributed by atoms with Crippen LogP contribution in [-0.4, -0.2) is 61.9 Å². The van der Waals surface area contributed by atoms with Crippen LogP contribution in [0.15, 0.2) is 4.99 Å². The molecular formula is C20H36N4O. The molecule has 5 nitrogen and oxygen atoms in total. The predicted octanol–water partition coefficient (Wildman–Crippen LogP) is 2.87. The minimum atomic E-state index is -0.269. The number of aliphatic imine (C=N–C) groups is 1. The number of hydrogen-bond acceptors (Lipinski definition) is 2. The van der Waals surface area contributed by atoms with Gasteiger partial charge in [-0.25, -0.2) is 0 Å². The molecule has 2 saturated carbocycles. The summed E-state index contributed by atoms with van der Waals surface area (Å²) < 4.78 is 0. The summed E-state index contributed by atoms with van der Waals surface area (Å²) in [7, 11) is 3.75. The van der Waals surface area contributed by atoms with E-state index in [0.717, 1.165) is 51.3 Å². The van der Waals surface area contributed by atoms with Gasteiger partial charge in [0.25, 0.3) is 0 Å². The van der Waals surface area contributed by atoms with Crippen molar-refractivity contribution >= 4 is 11.9 Å². The van der Waals surface area contributed by atoms with E-state index in [-0.39, 0.29) is 11.3 Å². The SMILES string of the molecule is CCNC(=NCC1(C(=O)N(C)C)CCCC1)N1CCC2(CCCC2)C1. The highest BCUT2D eigenvalue weighted by molar-refractivity contribution is 5.84. The van der Waals surface area contributed by atoms with Crippen molar-refractivity contribution in [1.29, 1.82) is 0 Å². The number of likely N-dealkylation sites (tertiary alicyclic amines) is 1. The third kappa shape index (κ3) is 3.80. The second-order valence-electron chi connectivity index (χ2n) is 8.74. The van der Waals surface area contributed by atoms with E-state index in [1.807, 2.05) is 14.1 Å². The Morgan fingerprint density at radius 2 is 1.72 bits per heavy atom. The van der Waals surface area contributed by atoms with Gasteiger partial charge in [0.2, 0.25) is 5.91 Å². The monoisotopic (exact) mass is 348 g/mol. The smallest absolute Gasteiger partial charge is 0.230 e. The summed E-state index contributed by atoms with van der Waals surface area (Å²) in [5.74, 6) is 1.29. The van der Waals surface area contributed by atoms with Crippen LogP contribution in [0.4, 0.5) is 0 Å². The Bertz CT molecular complexity index is 502. The first-order valence-corrected chi connectivity index (χ1v) is 10.3. The lowest BCUT2D eigenvalue weighted by molar-refractivity contribution is -0.138. The van der Waals surface area contributed by atoms with Crippen molar-refractivity contribution in [3.05, 3.63) is 0 Å². The number of hydrogen-bond donors (Lipinski definition) is 1. The Balaban J connectivity index is 1.72. The van der Waals surface area contributed by atoms with Crippen LogP contribution in [0.25, 0.3) is 0 Å². The minimum absolute atomic E-state index is 0.262. The molecule has 0 aromatic heterocycles. The molecule has 1 aliphatic heterocycles. The van der Waals surface area contributed by atoms with E-state index in [1.165, 1.54) is 32.1 Å². The Morgan fingerprint density at radius 3 is 2.32 bits per heavy atom. The number of carbonyl (C=O) groups excluding carboxylic acids is 1. The van der Waals surface area contributed by atoms with Gasteiger partial charge in [0.15, 0.2) is 5.96 Å². The van der Waals surface area contributed by atoms with Crippen LogP contribution in [0.3, 0.4) is 0 Å². The summed E-state index contributed by atoms with van der Waals surface area (Å²) >= 11 is 0. The van der Waals surface area contributed by atoms with Crippen molar-refractivity contribution in [3.63, 3.8) is 0 Å². The normalized spacial score (nSPS) is 24.9. The zero-order chi connectivity index (χ0) is 17.9. The summed E-state index contributed by atoms with van der Waals surface area (Å²) in [4.78, 5) is 22.0. The van der Waals surface area contributed by atoms with Crippen molar-refractivity contribution in [1.82, 2.24) is 15.1 Å². The van der Waals surface area contributed by atoms with Crippen LogP contribution in [0.1, 0.15) is 64.7 Å². The molecule has 3 fully saturated rings. The number of guanidine groups is 1. The molecule has 3 aliphatic rings. The van der Waals surface area contributed by atoms with E-state index in [0.29, 0.717) is 12.0 Å². The van der Waals surface area contributed by atoms with Crippen molar-refractivity contribution in [2.45, 2.75) is 64.7 Å². The highest BCUT2D eigenvalue weighted by atomic mass is 16.2. The number of rotatable bonds is 4. The number of amides is 1. The Morgan fingerprint density at radius 1 is 1.08 bits per heavy atom. The number of carbonyl (C=O) groups is 1. The second kappa shape index (κ2) is 7.55. The molecule has 1 amide bonds. The van der Waals surface area contributed by atoms with E-state index in [9.17, 15) is 4.79 Å². The maximum Gasteiger partial charge on any atom is 0.230 e. The number of nitrogens with one attached hydrogen (secondary N) is 1. The molecule has 0 aromatic rings. The largest absolute Gasteiger partial charge is 0.357 e. The van der Waals surface area contributed by atoms with Crippen LogP contribution in [0.5, 0.6) is 0 Å². The zero-order valence-electron chi connectivity index (χ0n) is 16.4. The van der Waals surface area contributed by atoms with Gasteiger partial charge in [-0.3, -0.25) is 9.79 Å². The lowest BCUT2D eigenvalue weighted by atomic mass is 9.85. The van der Waals surface area contributed by atoms with Crippen LogP contribution in [0, 0.1) is 10.8 Å². The summed E-state index contributed by atoms with van der Waals surface area (Å²) in [5.41, 5.74) is 0.273. The highest BCUT2D eigenvalue weighted by Crippen LogP contribution is 2.45. The summed E-state index contributed by atoms with van der Waals surface area (Å²) in [6, 6.07) is 0. The topological polar surface area (TPSA) is 47.9 Å². The van der Waals surface area contributed by atoms with Crippen LogP contribution in [-0.2, 0) is 4.79 Å². The molecule has 0 atom stereocenters. The maximum absolute atomic E-state index is 12.8. The molecule has 0 bridgehead atoms. The third-order valence-electron chi connectivity index (χ3n) is 6.69. The molecule has 0 radical (unpaired) electrons. The zero-order valence-corrected chi connectivity index (χ0v) is 16.4. The summed E-state index contributed by atoms with van der Waals surface area (Å²) in [6.45, 7) is 5.91. The Hall–Kier alpha value is -1.26. The van der Waals surface area contributed by atoms with Crippen molar-refractivity contribution in [2.24, 2.45) is 15.8 Å². The molecule has 142 valence electrons. The number of nitrogens with zero attached hydrogens (tertiary/aromatic N) is 3. The van der Waals surface area contributed by atoms with Gasteiger partial charge in [-0.15, -0.1) is 0 Å². The first kappa shape index (κ1) is 18.5. The molecular weight excluding hydrogens is 312 g/mol. The molecule has 25 heavy (non-hydrogen) atoms. The first-order chi connectivity index (χ1) is 12.0. The van der Waals surface area contributed by atoms with Gasteiger partial charge in [-0.05, 0) is 44.4 Å². The molecule has 2 aliphatic carbocycles. The quantitative estimate of drug-likeness (QED) is 0.628. The van der Waals surface area contributed by atoms with Gasteiger partial charge in [0.1, 0.15) is 0 Å². The third-order valence-corrected chi connectivity index (χ3v) is 6.69. The van der Waals surface area contributed by atoms with Crippen LogP contribution < -0.4 is 5.32 Å².